The molecule has 0 radical (unpaired) electrons. The molecular formula is C15H19ClN4O. The molecule has 1 aliphatic heterocycles. The maximum absolute atomic E-state index is 6.35. The number of hydrogen-bond acceptors (Lipinski definition) is 4. The van der Waals surface area contributed by atoms with E-state index in [1.807, 2.05) is 12.1 Å². The number of fused-ring (bicyclic) bond motifs is 1. The summed E-state index contributed by atoms with van der Waals surface area (Å²) in [5, 5.41) is 4.92. The summed E-state index contributed by atoms with van der Waals surface area (Å²) in [6.45, 7) is 3.34. The van der Waals surface area contributed by atoms with Crippen LogP contribution in [0.25, 0.3) is 0 Å². The van der Waals surface area contributed by atoms with Crippen LogP contribution in [0.1, 0.15) is 11.1 Å². The highest BCUT2D eigenvalue weighted by molar-refractivity contribution is 6.31. The summed E-state index contributed by atoms with van der Waals surface area (Å²) in [4.78, 5) is 6.25. The van der Waals surface area contributed by atoms with Crippen molar-refractivity contribution in [3.05, 3.63) is 40.9 Å². The predicted molar refractivity (Wildman–Crippen MR) is 81.9 cm³/mol. The first-order chi connectivity index (χ1) is 10.2. The molecule has 0 fully saturated rings. The summed E-state index contributed by atoms with van der Waals surface area (Å²) < 4.78 is 7.72. The van der Waals surface area contributed by atoms with Gasteiger partial charge in [0.2, 0.25) is 0 Å². The fraction of sp³-hybridized carbons (Fsp3) is 0.467. The van der Waals surface area contributed by atoms with Crippen LogP contribution in [0.4, 0.5) is 0 Å². The molecule has 0 atom stereocenters. The van der Waals surface area contributed by atoms with Crippen LogP contribution < -0.4 is 4.74 Å². The SMILES string of the molecule is CN1CCc2c(Cl)ccc(OCCn3cncn3)c2CC1. The average Bonchev–Trinajstić information content (AvgIpc) is 2.91. The third kappa shape index (κ3) is 3.36. The quantitative estimate of drug-likeness (QED) is 0.867. The monoisotopic (exact) mass is 306 g/mol. The van der Waals surface area contributed by atoms with Gasteiger partial charge in [0.15, 0.2) is 0 Å². The smallest absolute Gasteiger partial charge is 0.137 e. The molecule has 0 saturated carbocycles. The van der Waals surface area contributed by atoms with E-state index in [9.17, 15) is 0 Å². The molecule has 0 amide bonds. The maximum atomic E-state index is 6.35. The Labute approximate surface area is 129 Å². The molecule has 0 N–H and O–H groups in total. The van der Waals surface area contributed by atoms with Gasteiger partial charge in [-0.3, -0.25) is 0 Å². The number of aromatic nitrogens is 3. The van der Waals surface area contributed by atoms with E-state index in [4.69, 9.17) is 16.3 Å². The van der Waals surface area contributed by atoms with Crippen molar-refractivity contribution in [3.8, 4) is 5.75 Å². The minimum Gasteiger partial charge on any atom is -0.491 e. The highest BCUT2D eigenvalue weighted by Gasteiger charge is 2.18. The van der Waals surface area contributed by atoms with Crippen molar-refractivity contribution in [2.75, 3.05) is 26.7 Å². The van der Waals surface area contributed by atoms with E-state index in [0.717, 1.165) is 36.7 Å². The Kier molecular flexibility index (Phi) is 4.41. The molecule has 112 valence electrons. The lowest BCUT2D eigenvalue weighted by Crippen LogP contribution is -2.20. The molecular weight excluding hydrogens is 288 g/mol. The Morgan fingerprint density at radius 1 is 1.24 bits per heavy atom. The largest absolute Gasteiger partial charge is 0.491 e. The summed E-state index contributed by atoms with van der Waals surface area (Å²) in [6, 6.07) is 3.92. The van der Waals surface area contributed by atoms with E-state index in [0.29, 0.717) is 13.2 Å². The lowest BCUT2D eigenvalue weighted by Gasteiger charge is -2.15. The van der Waals surface area contributed by atoms with Gasteiger partial charge in [-0.05, 0) is 37.6 Å². The number of ether oxygens (including phenoxy) is 1. The maximum Gasteiger partial charge on any atom is 0.137 e. The van der Waals surface area contributed by atoms with Crippen LogP contribution in [0.15, 0.2) is 24.8 Å². The zero-order valence-corrected chi connectivity index (χ0v) is 12.9. The second-order valence-corrected chi connectivity index (χ2v) is 5.72. The lowest BCUT2D eigenvalue weighted by atomic mass is 10.0. The molecule has 1 aromatic carbocycles. The van der Waals surface area contributed by atoms with Gasteiger partial charge in [0, 0.05) is 23.7 Å². The van der Waals surface area contributed by atoms with Gasteiger partial charge in [0.1, 0.15) is 25.0 Å². The molecule has 0 spiro atoms. The average molecular weight is 307 g/mol. The van der Waals surface area contributed by atoms with Gasteiger partial charge in [-0.25, -0.2) is 9.67 Å². The van der Waals surface area contributed by atoms with Gasteiger partial charge in [-0.1, -0.05) is 11.6 Å². The Morgan fingerprint density at radius 2 is 2.05 bits per heavy atom. The molecule has 6 heteroatoms. The molecule has 0 bridgehead atoms. The number of rotatable bonds is 4. The van der Waals surface area contributed by atoms with Crippen LogP contribution in [0, 0.1) is 0 Å². The fourth-order valence-corrected chi connectivity index (χ4v) is 2.91. The van der Waals surface area contributed by atoms with Crippen LogP contribution in [0.3, 0.4) is 0 Å². The molecule has 0 saturated heterocycles. The molecule has 3 rings (SSSR count). The van der Waals surface area contributed by atoms with E-state index in [1.54, 1.807) is 11.0 Å². The summed E-state index contributed by atoms with van der Waals surface area (Å²) >= 11 is 6.35. The summed E-state index contributed by atoms with van der Waals surface area (Å²) in [5.74, 6) is 0.949. The van der Waals surface area contributed by atoms with E-state index in [1.165, 1.54) is 17.5 Å². The van der Waals surface area contributed by atoms with Crippen molar-refractivity contribution in [1.82, 2.24) is 19.7 Å². The van der Waals surface area contributed by atoms with Crippen LogP contribution in [0.5, 0.6) is 5.75 Å². The highest BCUT2D eigenvalue weighted by Crippen LogP contribution is 2.31. The Hall–Kier alpha value is -1.59. The van der Waals surface area contributed by atoms with Crippen LogP contribution in [0.2, 0.25) is 5.02 Å². The highest BCUT2D eigenvalue weighted by atomic mass is 35.5. The normalized spacial score (nSPS) is 15.5. The minimum atomic E-state index is 0.577. The second kappa shape index (κ2) is 6.45. The van der Waals surface area contributed by atoms with E-state index >= 15 is 0 Å². The van der Waals surface area contributed by atoms with Crippen molar-refractivity contribution in [2.24, 2.45) is 0 Å². The summed E-state index contributed by atoms with van der Waals surface area (Å²) in [7, 11) is 2.14. The van der Waals surface area contributed by atoms with Crippen molar-refractivity contribution >= 4 is 11.6 Å². The van der Waals surface area contributed by atoms with Gasteiger partial charge in [0.25, 0.3) is 0 Å². The van der Waals surface area contributed by atoms with Crippen molar-refractivity contribution in [2.45, 2.75) is 19.4 Å². The van der Waals surface area contributed by atoms with Gasteiger partial charge < -0.3 is 9.64 Å². The molecule has 1 aliphatic rings. The van der Waals surface area contributed by atoms with Crippen molar-refractivity contribution in [3.63, 3.8) is 0 Å². The van der Waals surface area contributed by atoms with Crippen molar-refractivity contribution < 1.29 is 4.74 Å². The van der Waals surface area contributed by atoms with Gasteiger partial charge >= 0.3 is 0 Å². The summed E-state index contributed by atoms with van der Waals surface area (Å²) in [5.41, 5.74) is 2.49. The number of halogens is 1. The van der Waals surface area contributed by atoms with E-state index in [-0.39, 0.29) is 0 Å². The van der Waals surface area contributed by atoms with Crippen LogP contribution in [-0.2, 0) is 19.4 Å². The fourth-order valence-electron chi connectivity index (χ4n) is 2.64. The third-order valence-electron chi connectivity index (χ3n) is 3.86. The third-order valence-corrected chi connectivity index (χ3v) is 4.22. The number of likely N-dealkylation sites (N-methyl/N-ethyl adjacent to an activating group) is 1. The number of nitrogens with zero attached hydrogens (tertiary/aromatic N) is 4. The summed E-state index contributed by atoms with van der Waals surface area (Å²) in [6.07, 6.45) is 5.18. The number of hydrogen-bond donors (Lipinski definition) is 0. The number of benzene rings is 1. The van der Waals surface area contributed by atoms with Gasteiger partial charge in [-0.15, -0.1) is 0 Å². The van der Waals surface area contributed by atoms with Crippen LogP contribution in [-0.4, -0.2) is 46.4 Å². The molecule has 0 unspecified atom stereocenters. The molecule has 1 aromatic heterocycles. The van der Waals surface area contributed by atoms with Crippen LogP contribution >= 0.6 is 11.6 Å². The molecule has 2 aromatic rings. The standard InChI is InChI=1S/C15H19ClN4O/c1-19-6-4-12-13(5-7-19)15(3-2-14(12)16)21-9-8-20-11-17-10-18-20/h2-3,10-11H,4-9H2,1H3. The lowest BCUT2D eigenvalue weighted by molar-refractivity contribution is 0.287. The van der Waals surface area contributed by atoms with E-state index in [2.05, 4.69) is 22.0 Å². The Balaban J connectivity index is 1.73. The molecule has 5 nitrogen and oxygen atoms in total. The topological polar surface area (TPSA) is 43.2 Å². The first kappa shape index (κ1) is 14.4. The Morgan fingerprint density at radius 3 is 2.81 bits per heavy atom. The predicted octanol–water partition coefficient (Wildman–Crippen LogP) is 2.04. The van der Waals surface area contributed by atoms with Gasteiger partial charge in [0.05, 0.1) is 6.54 Å². The second-order valence-electron chi connectivity index (χ2n) is 5.31. The first-order valence-corrected chi connectivity index (χ1v) is 7.56. The zero-order chi connectivity index (χ0) is 14.7. The minimum absolute atomic E-state index is 0.577. The van der Waals surface area contributed by atoms with E-state index < -0.39 is 0 Å². The molecule has 2 heterocycles. The first-order valence-electron chi connectivity index (χ1n) is 7.18. The van der Waals surface area contributed by atoms with Gasteiger partial charge in [-0.2, -0.15) is 5.10 Å². The zero-order valence-electron chi connectivity index (χ0n) is 12.1. The molecule has 0 aliphatic carbocycles. The van der Waals surface area contributed by atoms with Crippen molar-refractivity contribution in [1.29, 1.82) is 0 Å². The molecule has 21 heavy (non-hydrogen) atoms. The Bertz CT molecular complexity index is 600.